The summed E-state index contributed by atoms with van der Waals surface area (Å²) in [6.45, 7) is 0. The number of carboxylic acids is 1. The van der Waals surface area contributed by atoms with Crippen molar-refractivity contribution in [2.45, 2.75) is 12.8 Å². The van der Waals surface area contributed by atoms with Crippen molar-refractivity contribution in [2.75, 3.05) is 10.5 Å². The Morgan fingerprint density at radius 2 is 2.10 bits per heavy atom. The molecule has 0 atom stereocenters. The van der Waals surface area contributed by atoms with E-state index in [1.165, 1.54) is 0 Å². The van der Waals surface area contributed by atoms with Crippen molar-refractivity contribution < 1.29 is 27.6 Å². The maximum atomic E-state index is 13.1. The minimum absolute atomic E-state index is 0.103. The summed E-state index contributed by atoms with van der Waals surface area (Å²) < 4.78 is 38.2. The van der Waals surface area contributed by atoms with Gasteiger partial charge in [-0.1, -0.05) is 0 Å². The molecule has 8 nitrogen and oxygen atoms in total. The Labute approximate surface area is 113 Å². The van der Waals surface area contributed by atoms with Gasteiger partial charge in [0.1, 0.15) is 0 Å². The fraction of sp³-hybridized carbons (Fsp3) is 0.300. The first-order chi connectivity index (χ1) is 9.21. The first-order valence-electron chi connectivity index (χ1n) is 5.37. The van der Waals surface area contributed by atoms with Crippen LogP contribution in [0.15, 0.2) is 18.2 Å². The third-order valence-electron chi connectivity index (χ3n) is 2.22. The molecule has 20 heavy (non-hydrogen) atoms. The highest BCUT2D eigenvalue weighted by Gasteiger charge is 2.17. The molecule has 0 unspecified atom stereocenters. The van der Waals surface area contributed by atoms with Gasteiger partial charge in [-0.05, 0) is 18.6 Å². The van der Waals surface area contributed by atoms with Crippen LogP contribution in [0.5, 0.6) is 0 Å². The lowest BCUT2D eigenvalue weighted by molar-refractivity contribution is -0.387. The summed E-state index contributed by atoms with van der Waals surface area (Å²) in [6.07, 6.45) is -0.418. The minimum Gasteiger partial charge on any atom is -0.481 e. The first-order valence-corrected chi connectivity index (χ1v) is 7.03. The maximum absolute atomic E-state index is 13.1. The quantitative estimate of drug-likeness (QED) is 0.578. The number of rotatable bonds is 7. The molecular weight excluding hydrogens is 295 g/mol. The van der Waals surface area contributed by atoms with Crippen molar-refractivity contribution in [3.8, 4) is 0 Å². The maximum Gasteiger partial charge on any atom is 0.306 e. The number of nitrogens with zero attached hydrogens (tertiary/aromatic N) is 1. The molecule has 1 rings (SSSR count). The van der Waals surface area contributed by atoms with Crippen LogP contribution < -0.4 is 4.72 Å². The number of aliphatic carboxylic acids is 1. The Balaban J connectivity index is 2.79. The Morgan fingerprint density at radius 3 is 2.65 bits per heavy atom. The van der Waals surface area contributed by atoms with Crippen LogP contribution in [0.2, 0.25) is 0 Å². The number of benzene rings is 1. The van der Waals surface area contributed by atoms with E-state index in [0.29, 0.717) is 0 Å². The molecule has 0 aromatic heterocycles. The predicted octanol–water partition coefficient (Wildman–Crippen LogP) is 1.34. The van der Waals surface area contributed by atoms with Crippen molar-refractivity contribution in [3.63, 3.8) is 0 Å². The second-order valence-electron chi connectivity index (χ2n) is 3.84. The molecule has 0 aliphatic heterocycles. The molecule has 1 aromatic carbocycles. The normalized spacial score (nSPS) is 11.1. The molecule has 0 saturated carbocycles. The van der Waals surface area contributed by atoms with Gasteiger partial charge in [-0.25, -0.2) is 8.42 Å². The molecule has 0 aliphatic carbocycles. The Kier molecular flexibility index (Phi) is 4.97. The number of nitrogens with one attached hydrogen (secondary N) is 1. The molecule has 0 radical (unpaired) electrons. The molecule has 2 N–H and O–H groups in total. The van der Waals surface area contributed by atoms with Crippen molar-refractivity contribution in [2.24, 2.45) is 0 Å². The topological polar surface area (TPSA) is 127 Å². The second-order valence-corrected chi connectivity index (χ2v) is 5.68. The lowest BCUT2D eigenvalue weighted by atomic mass is 10.3. The van der Waals surface area contributed by atoms with Crippen molar-refractivity contribution in [1.29, 1.82) is 0 Å². The summed E-state index contributed by atoms with van der Waals surface area (Å²) in [5.74, 6) is -2.66. The van der Waals surface area contributed by atoms with Gasteiger partial charge in [-0.15, -0.1) is 0 Å². The number of anilines is 1. The lowest BCUT2D eigenvalue weighted by Gasteiger charge is -2.07. The SMILES string of the molecule is O=C(O)CCCS(=O)(=O)Nc1ccc(F)c([N+](=O)[O-])c1. The first kappa shape index (κ1) is 15.8. The summed E-state index contributed by atoms with van der Waals surface area (Å²) >= 11 is 0. The van der Waals surface area contributed by atoms with Crippen molar-refractivity contribution in [1.82, 2.24) is 0 Å². The molecule has 0 fully saturated rings. The number of nitro groups is 1. The zero-order chi connectivity index (χ0) is 15.3. The van der Waals surface area contributed by atoms with Crippen LogP contribution in [-0.2, 0) is 14.8 Å². The van der Waals surface area contributed by atoms with Gasteiger partial charge in [0.15, 0.2) is 0 Å². The van der Waals surface area contributed by atoms with Gasteiger partial charge in [-0.3, -0.25) is 19.6 Å². The Bertz CT molecular complexity index is 631. The van der Waals surface area contributed by atoms with Gasteiger partial charge in [0.25, 0.3) is 0 Å². The molecule has 0 bridgehead atoms. The highest BCUT2D eigenvalue weighted by molar-refractivity contribution is 7.92. The van der Waals surface area contributed by atoms with Crippen molar-refractivity contribution >= 4 is 27.4 Å². The van der Waals surface area contributed by atoms with E-state index in [4.69, 9.17) is 5.11 Å². The molecule has 110 valence electrons. The number of nitro benzene ring substituents is 1. The summed E-state index contributed by atoms with van der Waals surface area (Å²) in [5.41, 5.74) is -1.01. The van der Waals surface area contributed by atoms with Gasteiger partial charge in [0.05, 0.1) is 16.4 Å². The Morgan fingerprint density at radius 1 is 1.45 bits per heavy atom. The number of hydrogen-bond acceptors (Lipinski definition) is 5. The summed E-state index contributed by atoms with van der Waals surface area (Å²) in [7, 11) is -3.84. The Hall–Kier alpha value is -2.23. The molecular formula is C10H11FN2O6S. The monoisotopic (exact) mass is 306 g/mol. The van der Waals surface area contributed by atoms with Gasteiger partial charge < -0.3 is 5.11 Å². The number of sulfonamides is 1. The number of carboxylic acid groups (broad SMARTS) is 1. The lowest BCUT2D eigenvalue weighted by Crippen LogP contribution is -2.17. The molecule has 0 spiro atoms. The van der Waals surface area contributed by atoms with E-state index >= 15 is 0 Å². The van der Waals surface area contributed by atoms with Crippen LogP contribution in [0.25, 0.3) is 0 Å². The van der Waals surface area contributed by atoms with E-state index in [1.54, 1.807) is 0 Å². The van der Waals surface area contributed by atoms with Gasteiger partial charge >= 0.3 is 11.7 Å². The zero-order valence-corrected chi connectivity index (χ0v) is 10.9. The minimum atomic E-state index is -3.84. The standard InChI is InChI=1S/C10H11FN2O6S/c11-8-4-3-7(6-9(8)13(16)17)12-20(18,19)5-1-2-10(14)15/h3-4,6,12H,1-2,5H2,(H,14,15). The zero-order valence-electron chi connectivity index (χ0n) is 10.1. The molecule has 0 saturated heterocycles. The molecule has 1 aromatic rings. The van der Waals surface area contributed by atoms with E-state index < -0.39 is 38.2 Å². The fourth-order valence-corrected chi connectivity index (χ4v) is 2.47. The molecule has 0 aliphatic rings. The highest BCUT2D eigenvalue weighted by atomic mass is 32.2. The second kappa shape index (κ2) is 6.28. The van der Waals surface area contributed by atoms with Gasteiger partial charge in [-0.2, -0.15) is 4.39 Å². The average Bonchev–Trinajstić information content (AvgIpc) is 2.30. The van der Waals surface area contributed by atoms with E-state index in [1.807, 2.05) is 4.72 Å². The van der Waals surface area contributed by atoms with Crippen LogP contribution in [0.1, 0.15) is 12.8 Å². The van der Waals surface area contributed by atoms with Gasteiger partial charge in [0.2, 0.25) is 15.8 Å². The van der Waals surface area contributed by atoms with E-state index in [0.717, 1.165) is 18.2 Å². The van der Waals surface area contributed by atoms with E-state index in [2.05, 4.69) is 0 Å². The fourth-order valence-electron chi connectivity index (χ4n) is 1.36. The largest absolute Gasteiger partial charge is 0.481 e. The van der Waals surface area contributed by atoms with E-state index in [-0.39, 0.29) is 18.5 Å². The number of hydrogen-bond donors (Lipinski definition) is 2. The third kappa shape index (κ3) is 4.80. The summed E-state index contributed by atoms with van der Waals surface area (Å²) in [4.78, 5) is 19.8. The molecule has 0 amide bonds. The van der Waals surface area contributed by atoms with Gasteiger partial charge in [0, 0.05) is 12.5 Å². The van der Waals surface area contributed by atoms with Crippen LogP contribution in [0, 0.1) is 15.9 Å². The van der Waals surface area contributed by atoms with Crippen LogP contribution in [-0.4, -0.2) is 30.2 Å². The summed E-state index contributed by atoms with van der Waals surface area (Å²) in [5, 5.41) is 18.9. The number of halogens is 1. The summed E-state index contributed by atoms with van der Waals surface area (Å²) in [6, 6.07) is 2.56. The smallest absolute Gasteiger partial charge is 0.306 e. The van der Waals surface area contributed by atoms with Crippen LogP contribution in [0.4, 0.5) is 15.8 Å². The van der Waals surface area contributed by atoms with E-state index in [9.17, 15) is 27.7 Å². The average molecular weight is 306 g/mol. The molecule has 0 heterocycles. The third-order valence-corrected chi connectivity index (χ3v) is 3.59. The number of carbonyl (C=O) groups is 1. The highest BCUT2D eigenvalue weighted by Crippen LogP contribution is 2.22. The van der Waals surface area contributed by atoms with Crippen LogP contribution >= 0.6 is 0 Å². The van der Waals surface area contributed by atoms with Crippen molar-refractivity contribution in [3.05, 3.63) is 34.1 Å². The predicted molar refractivity (Wildman–Crippen MR) is 67.3 cm³/mol. The van der Waals surface area contributed by atoms with Crippen LogP contribution in [0.3, 0.4) is 0 Å². The molecule has 10 heteroatoms.